The minimum Gasteiger partial charge on any atom is -0.502 e. The Morgan fingerprint density at radius 3 is 2.43 bits per heavy atom. The molecule has 2 saturated carbocycles. The molecular weight excluding hydrogens is 536 g/mol. The zero-order valence-electron chi connectivity index (χ0n) is 20.1. The number of phenolic OH excluding ortho intramolecular Hbond substituents is 1. The van der Waals surface area contributed by atoms with E-state index in [0.717, 1.165) is 21.9 Å². The molecule has 0 spiro atoms. The van der Waals surface area contributed by atoms with Crippen LogP contribution in [0.3, 0.4) is 0 Å². The number of fused-ring (bicyclic) bond motifs is 9. The van der Waals surface area contributed by atoms with Crippen molar-refractivity contribution in [1.82, 2.24) is 9.88 Å². The third-order valence-electron chi connectivity index (χ3n) is 8.45. The zero-order valence-corrected chi connectivity index (χ0v) is 22.6. The highest BCUT2D eigenvalue weighted by Crippen LogP contribution is 2.69. The van der Waals surface area contributed by atoms with E-state index in [0.29, 0.717) is 15.5 Å². The Morgan fingerprint density at radius 2 is 1.81 bits per heavy atom. The molecule has 7 unspecified atom stereocenters. The summed E-state index contributed by atoms with van der Waals surface area (Å²) in [5, 5.41) is 20.6. The number of aromatic hydroxyl groups is 1. The summed E-state index contributed by atoms with van der Waals surface area (Å²) in [4.78, 5) is 43.6. The van der Waals surface area contributed by atoms with E-state index in [4.69, 9.17) is 26.8 Å². The second-order valence-electron chi connectivity index (χ2n) is 10.1. The fraction of sp³-hybridized carbons (Fsp3) is 0.520. The van der Waals surface area contributed by atoms with Crippen LogP contribution in [0.1, 0.15) is 35.6 Å². The minimum absolute atomic E-state index is 0.00744. The lowest BCUT2D eigenvalue weighted by Crippen LogP contribution is -2.42. The molecular formula is C25H26N2O7S3. The summed E-state index contributed by atoms with van der Waals surface area (Å²) in [6.45, 7) is 0.148. The minimum atomic E-state index is -0.937. The number of amides is 2. The lowest BCUT2D eigenvalue weighted by Gasteiger charge is -2.43. The Kier molecular flexibility index (Phi) is 6.03. The van der Waals surface area contributed by atoms with E-state index < -0.39 is 5.97 Å². The first-order valence-corrected chi connectivity index (χ1v) is 14.3. The maximum absolute atomic E-state index is 13.5. The number of carboxylic acids is 1. The molecule has 2 aliphatic heterocycles. The van der Waals surface area contributed by atoms with Gasteiger partial charge in [0.25, 0.3) is 0 Å². The third-order valence-corrected chi connectivity index (χ3v) is 11.4. The van der Waals surface area contributed by atoms with Crippen molar-refractivity contribution >= 4 is 53.1 Å². The number of benzene rings is 1. The van der Waals surface area contributed by atoms with Crippen molar-refractivity contribution in [1.29, 1.82) is 0 Å². The zero-order chi connectivity index (χ0) is 26.2. The lowest BCUT2D eigenvalue weighted by molar-refractivity contribution is -0.142. The average molecular weight is 563 g/mol. The van der Waals surface area contributed by atoms with Gasteiger partial charge in [0.2, 0.25) is 17.6 Å². The number of methoxy groups -OCH3 is 2. The van der Waals surface area contributed by atoms with Crippen molar-refractivity contribution in [3.05, 3.63) is 26.5 Å². The standard InChI is InChI=1S/C25H26N2O7S3/c1-33-12-6-9(7-13(34-2)19(12)30)15-16-10-8-11(20(16)36-22-21(15)37-25(35)26-22)18-17(10)23(31)27(24(18)32)5-3-4-14(28)29/h6-7,10-11,15-18,20,30H,3-5,8H2,1-2H3,(H,26,35)(H,28,29). The molecule has 2 aliphatic carbocycles. The quantitative estimate of drug-likeness (QED) is 0.340. The molecule has 1 saturated heterocycles. The van der Waals surface area contributed by atoms with Gasteiger partial charge < -0.3 is 24.7 Å². The molecule has 2 amide bonds. The van der Waals surface area contributed by atoms with Gasteiger partial charge >= 0.3 is 5.97 Å². The van der Waals surface area contributed by atoms with Crippen LogP contribution in [0.5, 0.6) is 17.2 Å². The number of hydrogen-bond donors (Lipinski definition) is 3. The third kappa shape index (κ3) is 3.63. The number of aromatic nitrogens is 1. The number of nitrogens with zero attached hydrogens (tertiary/aromatic N) is 1. The molecule has 4 aliphatic rings. The summed E-state index contributed by atoms with van der Waals surface area (Å²) in [7, 11) is 2.99. The van der Waals surface area contributed by atoms with E-state index >= 15 is 0 Å². The number of ether oxygens (including phenoxy) is 2. The summed E-state index contributed by atoms with van der Waals surface area (Å²) >= 11 is 8.75. The van der Waals surface area contributed by atoms with Crippen LogP contribution < -0.4 is 9.47 Å². The number of nitrogens with one attached hydrogen (secondary N) is 1. The number of carbonyl (C=O) groups is 3. The molecule has 1 aromatic carbocycles. The highest BCUT2D eigenvalue weighted by molar-refractivity contribution is 8.00. The molecule has 12 heteroatoms. The van der Waals surface area contributed by atoms with E-state index in [2.05, 4.69) is 4.98 Å². The number of carboxylic acid groups (broad SMARTS) is 1. The Balaban J connectivity index is 1.41. The van der Waals surface area contributed by atoms with Crippen molar-refractivity contribution in [3.8, 4) is 17.2 Å². The maximum atomic E-state index is 13.5. The van der Waals surface area contributed by atoms with E-state index in [1.54, 1.807) is 11.8 Å². The molecule has 7 atom stereocenters. The van der Waals surface area contributed by atoms with Gasteiger partial charge in [0, 0.05) is 29.0 Å². The number of H-pyrrole nitrogens is 1. The van der Waals surface area contributed by atoms with Crippen LogP contribution in [-0.4, -0.2) is 63.9 Å². The Morgan fingerprint density at radius 1 is 1.16 bits per heavy atom. The number of thiazole rings is 1. The number of imide groups is 1. The van der Waals surface area contributed by atoms with Crippen LogP contribution in [0.2, 0.25) is 0 Å². The molecule has 6 rings (SSSR count). The summed E-state index contributed by atoms with van der Waals surface area (Å²) in [6.07, 6.45) is 0.982. The molecule has 3 N–H and O–H groups in total. The number of phenols is 1. The van der Waals surface area contributed by atoms with Crippen LogP contribution in [-0.2, 0) is 14.4 Å². The first-order chi connectivity index (χ1) is 17.7. The first-order valence-electron chi connectivity index (χ1n) is 12.2. The highest BCUT2D eigenvalue weighted by atomic mass is 32.2. The van der Waals surface area contributed by atoms with Gasteiger partial charge in [-0.05, 0) is 60.5 Å². The molecule has 1 aromatic heterocycles. The normalized spacial score (nSPS) is 31.3. The summed E-state index contributed by atoms with van der Waals surface area (Å²) in [5.74, 6) is -1.43. The van der Waals surface area contributed by atoms with E-state index in [1.807, 2.05) is 12.1 Å². The number of likely N-dealkylation sites (tertiary alicyclic amines) is 1. The van der Waals surface area contributed by atoms with Crippen LogP contribution >= 0.6 is 35.3 Å². The van der Waals surface area contributed by atoms with Crippen LogP contribution in [0.15, 0.2) is 17.2 Å². The van der Waals surface area contributed by atoms with Crippen molar-refractivity contribution in [2.45, 2.75) is 35.5 Å². The first kappa shape index (κ1) is 24.7. The van der Waals surface area contributed by atoms with Crippen molar-refractivity contribution in [3.63, 3.8) is 0 Å². The van der Waals surface area contributed by atoms with E-state index in [1.165, 1.54) is 30.5 Å². The number of carbonyl (C=O) groups excluding carboxylic acids is 2. The molecule has 2 bridgehead atoms. The number of aromatic amines is 1. The highest BCUT2D eigenvalue weighted by Gasteiger charge is 2.69. The van der Waals surface area contributed by atoms with E-state index in [9.17, 15) is 19.5 Å². The van der Waals surface area contributed by atoms with Gasteiger partial charge in [0.15, 0.2) is 15.5 Å². The van der Waals surface area contributed by atoms with Crippen LogP contribution in [0, 0.1) is 33.5 Å². The van der Waals surface area contributed by atoms with Gasteiger partial charge in [-0.25, -0.2) is 0 Å². The topological polar surface area (TPSA) is 129 Å². The Hall–Kier alpha value is -2.57. The second kappa shape index (κ2) is 9.02. The Bertz CT molecular complexity index is 1350. The van der Waals surface area contributed by atoms with Crippen LogP contribution in [0.25, 0.3) is 0 Å². The molecule has 196 valence electrons. The summed E-state index contributed by atoms with van der Waals surface area (Å²) in [5.41, 5.74) is 0.910. The molecule has 37 heavy (non-hydrogen) atoms. The van der Waals surface area contributed by atoms with Crippen LogP contribution in [0.4, 0.5) is 0 Å². The largest absolute Gasteiger partial charge is 0.502 e. The van der Waals surface area contributed by atoms with Crippen molar-refractivity contribution in [2.75, 3.05) is 20.8 Å². The van der Waals surface area contributed by atoms with Gasteiger partial charge in [0.1, 0.15) is 0 Å². The lowest BCUT2D eigenvalue weighted by atomic mass is 9.68. The van der Waals surface area contributed by atoms with E-state index in [-0.39, 0.29) is 77.7 Å². The molecule has 3 heterocycles. The number of thioether (sulfide) groups is 1. The molecule has 0 radical (unpaired) electrons. The molecule has 2 aromatic rings. The fourth-order valence-corrected chi connectivity index (χ4v) is 10.5. The average Bonchev–Trinajstić information content (AvgIpc) is 3.59. The Labute approximate surface area is 226 Å². The number of aliphatic carboxylic acids is 1. The number of rotatable bonds is 7. The monoisotopic (exact) mass is 562 g/mol. The number of hydrogen-bond acceptors (Lipinski definition) is 9. The van der Waals surface area contributed by atoms with Gasteiger partial charge in [-0.1, -0.05) is 0 Å². The predicted octanol–water partition coefficient (Wildman–Crippen LogP) is 3.87. The fourth-order valence-electron chi connectivity index (χ4n) is 7.15. The van der Waals surface area contributed by atoms with Gasteiger partial charge in [-0.15, -0.1) is 23.1 Å². The summed E-state index contributed by atoms with van der Waals surface area (Å²) < 4.78 is 11.6. The maximum Gasteiger partial charge on any atom is 0.303 e. The SMILES string of the molecule is COc1cc(C2c3sc(=S)[nH]c3SC3C4CC(C5C(=O)N(CCCC(=O)O)C(=O)C45)C23)cc(OC)c1O. The van der Waals surface area contributed by atoms with Crippen molar-refractivity contribution < 1.29 is 34.1 Å². The van der Waals surface area contributed by atoms with Gasteiger partial charge in [0.05, 0.1) is 31.1 Å². The smallest absolute Gasteiger partial charge is 0.303 e. The molecule has 3 fully saturated rings. The van der Waals surface area contributed by atoms with Gasteiger partial charge in [-0.3, -0.25) is 19.3 Å². The van der Waals surface area contributed by atoms with Crippen molar-refractivity contribution in [2.24, 2.45) is 29.6 Å². The summed E-state index contributed by atoms with van der Waals surface area (Å²) in [6, 6.07) is 3.65. The predicted molar refractivity (Wildman–Crippen MR) is 138 cm³/mol. The van der Waals surface area contributed by atoms with Gasteiger partial charge in [-0.2, -0.15) is 0 Å². The molecule has 9 nitrogen and oxygen atoms in total. The second-order valence-corrected chi connectivity index (χ2v) is 13.0.